The van der Waals surface area contributed by atoms with Crippen molar-refractivity contribution in [2.75, 3.05) is 24.3 Å². The first-order chi connectivity index (χ1) is 8.65. The van der Waals surface area contributed by atoms with Crippen molar-refractivity contribution in [2.24, 2.45) is 5.92 Å². The highest BCUT2D eigenvalue weighted by atomic mass is 32.1. The van der Waals surface area contributed by atoms with E-state index in [0.717, 1.165) is 5.69 Å². The molecule has 1 amide bonds. The van der Waals surface area contributed by atoms with Gasteiger partial charge in [0, 0.05) is 18.7 Å². The molecule has 18 heavy (non-hydrogen) atoms. The second-order valence-corrected chi connectivity index (χ2v) is 4.66. The standard InChI is InChI=1S/C13H15NO3S/c1-17-13(16)10-3-2-4-11(6-10)14-7-9(8-18)5-12(14)15/h2-4,6,9,18H,5,7-8H2,1H3. The molecule has 1 aromatic rings. The molecule has 1 saturated heterocycles. The number of ether oxygens (including phenoxy) is 1. The summed E-state index contributed by atoms with van der Waals surface area (Å²) in [5.74, 6) is 0.659. The van der Waals surface area contributed by atoms with E-state index in [0.29, 0.717) is 24.3 Å². The molecule has 5 heteroatoms. The number of carbonyl (C=O) groups is 2. The van der Waals surface area contributed by atoms with E-state index >= 15 is 0 Å². The molecule has 1 aliphatic heterocycles. The lowest BCUT2D eigenvalue weighted by molar-refractivity contribution is -0.117. The van der Waals surface area contributed by atoms with Crippen LogP contribution in [0.2, 0.25) is 0 Å². The van der Waals surface area contributed by atoms with Crippen LogP contribution in [0.5, 0.6) is 0 Å². The summed E-state index contributed by atoms with van der Waals surface area (Å²) in [6.07, 6.45) is 0.520. The van der Waals surface area contributed by atoms with Crippen LogP contribution in [0, 0.1) is 5.92 Å². The van der Waals surface area contributed by atoms with Crippen molar-refractivity contribution >= 4 is 30.2 Å². The molecule has 0 N–H and O–H groups in total. The van der Waals surface area contributed by atoms with E-state index in [4.69, 9.17) is 0 Å². The number of esters is 1. The summed E-state index contributed by atoms with van der Waals surface area (Å²) in [6.45, 7) is 0.660. The highest BCUT2D eigenvalue weighted by Crippen LogP contribution is 2.26. The largest absolute Gasteiger partial charge is 0.465 e. The zero-order chi connectivity index (χ0) is 13.1. The van der Waals surface area contributed by atoms with Gasteiger partial charge in [0.25, 0.3) is 0 Å². The van der Waals surface area contributed by atoms with Crippen LogP contribution in [0.3, 0.4) is 0 Å². The van der Waals surface area contributed by atoms with E-state index in [9.17, 15) is 9.59 Å². The molecule has 0 saturated carbocycles. The molecule has 1 heterocycles. The molecule has 1 aromatic carbocycles. The third kappa shape index (κ3) is 2.51. The minimum atomic E-state index is -0.394. The summed E-state index contributed by atoms with van der Waals surface area (Å²) in [7, 11) is 1.34. The topological polar surface area (TPSA) is 46.6 Å². The molecule has 1 fully saturated rings. The summed E-state index contributed by atoms with van der Waals surface area (Å²) in [4.78, 5) is 25.0. The van der Waals surface area contributed by atoms with Crippen LogP contribution in [0.25, 0.3) is 0 Å². The van der Waals surface area contributed by atoms with Crippen molar-refractivity contribution in [2.45, 2.75) is 6.42 Å². The quantitative estimate of drug-likeness (QED) is 0.669. The summed E-state index contributed by atoms with van der Waals surface area (Å²) in [6, 6.07) is 6.94. The van der Waals surface area contributed by atoms with Crippen molar-refractivity contribution < 1.29 is 14.3 Å². The molecule has 4 nitrogen and oxygen atoms in total. The van der Waals surface area contributed by atoms with Gasteiger partial charge in [-0.3, -0.25) is 4.79 Å². The Balaban J connectivity index is 2.24. The fourth-order valence-electron chi connectivity index (χ4n) is 2.07. The smallest absolute Gasteiger partial charge is 0.337 e. The van der Waals surface area contributed by atoms with Gasteiger partial charge in [-0.05, 0) is 29.9 Å². The number of methoxy groups -OCH3 is 1. The number of amides is 1. The maximum atomic E-state index is 11.9. The van der Waals surface area contributed by atoms with Crippen molar-refractivity contribution in [3.8, 4) is 0 Å². The Morgan fingerprint density at radius 2 is 2.33 bits per heavy atom. The van der Waals surface area contributed by atoms with Crippen LogP contribution >= 0.6 is 12.6 Å². The maximum absolute atomic E-state index is 11.9. The number of thiol groups is 1. The Hall–Kier alpha value is -1.49. The fourth-order valence-corrected chi connectivity index (χ4v) is 2.32. The molecule has 0 spiro atoms. The molecular formula is C13H15NO3S. The summed E-state index contributed by atoms with van der Waals surface area (Å²) >= 11 is 4.22. The lowest BCUT2D eigenvalue weighted by Gasteiger charge is -2.17. The Bertz CT molecular complexity index is 475. The molecule has 0 aromatic heterocycles. The number of nitrogens with zero attached hydrogens (tertiary/aromatic N) is 1. The van der Waals surface area contributed by atoms with Crippen LogP contribution in [0.4, 0.5) is 5.69 Å². The first kappa shape index (κ1) is 13.0. The predicted molar refractivity (Wildman–Crippen MR) is 72.1 cm³/mol. The minimum Gasteiger partial charge on any atom is -0.465 e. The molecule has 96 valence electrons. The van der Waals surface area contributed by atoms with Crippen molar-refractivity contribution in [3.05, 3.63) is 29.8 Å². The van der Waals surface area contributed by atoms with E-state index in [1.807, 2.05) is 6.07 Å². The SMILES string of the molecule is COC(=O)c1cccc(N2CC(CS)CC2=O)c1. The molecule has 0 bridgehead atoms. The monoisotopic (exact) mass is 265 g/mol. The zero-order valence-electron chi connectivity index (χ0n) is 10.1. The summed E-state index contributed by atoms with van der Waals surface area (Å²) in [5, 5.41) is 0. The molecule has 1 aliphatic rings. The molecule has 0 aliphatic carbocycles. The van der Waals surface area contributed by atoms with Crippen LogP contribution < -0.4 is 4.90 Å². The lowest BCUT2D eigenvalue weighted by atomic mass is 10.1. The third-order valence-electron chi connectivity index (χ3n) is 3.04. The van der Waals surface area contributed by atoms with Gasteiger partial charge < -0.3 is 9.64 Å². The van der Waals surface area contributed by atoms with Gasteiger partial charge in [0.2, 0.25) is 5.91 Å². The fraction of sp³-hybridized carbons (Fsp3) is 0.385. The Morgan fingerprint density at radius 3 is 2.94 bits per heavy atom. The average molecular weight is 265 g/mol. The van der Waals surface area contributed by atoms with Gasteiger partial charge in [-0.1, -0.05) is 6.07 Å². The van der Waals surface area contributed by atoms with Crippen LogP contribution in [0.1, 0.15) is 16.8 Å². The number of benzene rings is 1. The van der Waals surface area contributed by atoms with E-state index in [1.165, 1.54) is 7.11 Å². The van der Waals surface area contributed by atoms with E-state index in [1.54, 1.807) is 23.1 Å². The molecule has 1 unspecified atom stereocenters. The van der Waals surface area contributed by atoms with Crippen molar-refractivity contribution in [1.82, 2.24) is 0 Å². The second-order valence-electron chi connectivity index (χ2n) is 4.30. The third-order valence-corrected chi connectivity index (χ3v) is 3.56. The van der Waals surface area contributed by atoms with Crippen LogP contribution in [0.15, 0.2) is 24.3 Å². The zero-order valence-corrected chi connectivity index (χ0v) is 11.0. The van der Waals surface area contributed by atoms with Gasteiger partial charge in [-0.25, -0.2) is 4.79 Å². The van der Waals surface area contributed by atoms with E-state index in [2.05, 4.69) is 17.4 Å². The number of hydrogen-bond acceptors (Lipinski definition) is 4. The molecular weight excluding hydrogens is 250 g/mol. The average Bonchev–Trinajstić information content (AvgIpc) is 2.79. The normalized spacial score (nSPS) is 19.1. The number of rotatable bonds is 3. The Labute approximate surface area is 111 Å². The molecule has 1 atom stereocenters. The number of hydrogen-bond donors (Lipinski definition) is 1. The van der Waals surface area contributed by atoms with Crippen molar-refractivity contribution in [3.63, 3.8) is 0 Å². The van der Waals surface area contributed by atoms with Gasteiger partial charge >= 0.3 is 5.97 Å². The van der Waals surface area contributed by atoms with E-state index < -0.39 is 5.97 Å². The molecule has 2 rings (SSSR count). The number of carbonyl (C=O) groups excluding carboxylic acids is 2. The van der Waals surface area contributed by atoms with Gasteiger partial charge in [0.1, 0.15) is 0 Å². The Morgan fingerprint density at radius 1 is 1.56 bits per heavy atom. The van der Waals surface area contributed by atoms with Gasteiger partial charge in [-0.2, -0.15) is 12.6 Å². The van der Waals surface area contributed by atoms with Gasteiger partial charge in [0.15, 0.2) is 0 Å². The predicted octanol–water partition coefficient (Wildman–Crippen LogP) is 1.76. The van der Waals surface area contributed by atoms with Crippen LogP contribution in [-0.4, -0.2) is 31.3 Å². The maximum Gasteiger partial charge on any atom is 0.337 e. The summed E-state index contributed by atoms with van der Waals surface area (Å²) in [5.41, 5.74) is 1.20. The lowest BCUT2D eigenvalue weighted by Crippen LogP contribution is -2.24. The van der Waals surface area contributed by atoms with Gasteiger partial charge in [0.05, 0.1) is 12.7 Å². The highest BCUT2D eigenvalue weighted by molar-refractivity contribution is 7.80. The second kappa shape index (κ2) is 5.44. The van der Waals surface area contributed by atoms with Crippen LogP contribution in [-0.2, 0) is 9.53 Å². The minimum absolute atomic E-state index is 0.0797. The summed E-state index contributed by atoms with van der Waals surface area (Å²) < 4.78 is 4.67. The number of anilines is 1. The molecule has 0 radical (unpaired) electrons. The van der Waals surface area contributed by atoms with Crippen molar-refractivity contribution in [1.29, 1.82) is 0 Å². The Kier molecular flexibility index (Phi) is 3.91. The van der Waals surface area contributed by atoms with Gasteiger partial charge in [-0.15, -0.1) is 0 Å². The van der Waals surface area contributed by atoms with E-state index in [-0.39, 0.29) is 11.8 Å². The first-order valence-corrected chi connectivity index (χ1v) is 6.38. The highest BCUT2D eigenvalue weighted by Gasteiger charge is 2.29. The first-order valence-electron chi connectivity index (χ1n) is 5.75.